The predicted octanol–water partition coefficient (Wildman–Crippen LogP) is 8.58. The zero-order valence-corrected chi connectivity index (χ0v) is 22.7. The van der Waals surface area contributed by atoms with Crippen LogP contribution in [0.15, 0.2) is 77.8 Å². The summed E-state index contributed by atoms with van der Waals surface area (Å²) in [7, 11) is 0. The maximum Gasteiger partial charge on any atom is 0.416 e. The van der Waals surface area contributed by atoms with Crippen LogP contribution >= 0.6 is 0 Å². The van der Waals surface area contributed by atoms with Gasteiger partial charge in [0.2, 0.25) is 0 Å². The van der Waals surface area contributed by atoms with E-state index in [1.807, 2.05) is 42.5 Å². The molecule has 2 aromatic heterocycles. The second-order valence-corrected chi connectivity index (χ2v) is 10.7. The highest BCUT2D eigenvalue weighted by molar-refractivity contribution is 5.95. The molecule has 2 N–H and O–H groups in total. The predicted molar refractivity (Wildman–Crippen MR) is 160 cm³/mol. The molecule has 0 saturated carbocycles. The molecule has 5 aromatic rings. The van der Waals surface area contributed by atoms with Gasteiger partial charge < -0.3 is 5.73 Å². The maximum absolute atomic E-state index is 12.7. The van der Waals surface area contributed by atoms with Gasteiger partial charge in [0.15, 0.2) is 0 Å². The summed E-state index contributed by atoms with van der Waals surface area (Å²) >= 11 is 0. The van der Waals surface area contributed by atoms with Crippen molar-refractivity contribution in [1.82, 2.24) is 9.97 Å². The number of fused-ring (bicyclic) bond motifs is 4. The highest BCUT2D eigenvalue weighted by Crippen LogP contribution is 2.35. The molecule has 0 spiro atoms. The molecule has 7 rings (SSSR count). The summed E-state index contributed by atoms with van der Waals surface area (Å²) in [4.78, 5) is 14.1. The fraction of sp³-hybridized carbons (Fsp3) is 0.265. The van der Waals surface area contributed by atoms with Gasteiger partial charge in [-0.1, -0.05) is 48.5 Å². The van der Waals surface area contributed by atoms with Crippen molar-refractivity contribution >= 4 is 39.4 Å². The van der Waals surface area contributed by atoms with E-state index in [1.54, 1.807) is 6.21 Å². The van der Waals surface area contributed by atoms with Crippen molar-refractivity contribution in [3.05, 3.63) is 106 Å². The number of pyridine rings is 2. The Kier molecular flexibility index (Phi) is 7.43. The second kappa shape index (κ2) is 11.3. The smallest absolute Gasteiger partial charge is 0.398 e. The molecule has 0 radical (unpaired) electrons. The Labute approximate surface area is 237 Å². The summed E-state index contributed by atoms with van der Waals surface area (Å²) in [6.45, 7) is 0. The van der Waals surface area contributed by atoms with Gasteiger partial charge in [-0.3, -0.25) is 15.0 Å². The normalized spacial score (nSPS) is 14.9. The van der Waals surface area contributed by atoms with Crippen molar-refractivity contribution < 1.29 is 13.2 Å². The summed E-state index contributed by atoms with van der Waals surface area (Å²) < 4.78 is 38.1. The van der Waals surface area contributed by atoms with E-state index in [9.17, 15) is 13.2 Å². The first kappa shape index (κ1) is 26.9. The quantitative estimate of drug-likeness (QED) is 0.223. The molecule has 0 saturated heterocycles. The third-order valence-electron chi connectivity index (χ3n) is 7.93. The lowest BCUT2D eigenvalue weighted by Crippen LogP contribution is -2.09. The number of alkyl halides is 3. The number of aryl methyl sites for hydroxylation is 2. The van der Waals surface area contributed by atoms with Gasteiger partial charge in [0.25, 0.3) is 0 Å². The summed E-state index contributed by atoms with van der Waals surface area (Å²) in [6, 6.07) is 21.1. The summed E-state index contributed by atoms with van der Waals surface area (Å²) in [5, 5.41) is 2.09. The van der Waals surface area contributed by atoms with Gasteiger partial charge in [0.1, 0.15) is 0 Å². The number of hydrogen-bond acceptors (Lipinski definition) is 4. The van der Waals surface area contributed by atoms with E-state index in [2.05, 4.69) is 11.1 Å². The lowest BCUT2D eigenvalue weighted by Gasteiger charge is -2.18. The van der Waals surface area contributed by atoms with Crippen LogP contribution in [0.3, 0.4) is 0 Å². The number of nitrogen functional groups attached to an aromatic ring is 1. The van der Waals surface area contributed by atoms with Crippen LogP contribution in [0.2, 0.25) is 0 Å². The number of halogens is 3. The van der Waals surface area contributed by atoms with Crippen molar-refractivity contribution in [2.75, 3.05) is 5.73 Å². The minimum absolute atomic E-state index is 0.642. The minimum atomic E-state index is -4.32. The number of hydrogen-bond donors (Lipinski definition) is 1. The Morgan fingerprint density at radius 1 is 0.659 bits per heavy atom. The molecule has 0 aliphatic heterocycles. The van der Waals surface area contributed by atoms with Crippen LogP contribution in [-0.2, 0) is 31.9 Å². The van der Waals surface area contributed by atoms with Gasteiger partial charge in [0.05, 0.1) is 22.3 Å². The van der Waals surface area contributed by atoms with Crippen molar-refractivity contribution in [1.29, 1.82) is 0 Å². The Morgan fingerprint density at radius 3 is 1.85 bits per heavy atom. The Morgan fingerprint density at radius 2 is 1.20 bits per heavy atom. The fourth-order valence-electron chi connectivity index (χ4n) is 5.80. The van der Waals surface area contributed by atoms with E-state index in [-0.39, 0.29) is 0 Å². The monoisotopic (exact) mass is 552 g/mol. The van der Waals surface area contributed by atoms with Crippen LogP contribution in [0.5, 0.6) is 0 Å². The molecular weight excluding hydrogens is 521 g/mol. The number of nitrogens with two attached hydrogens (primary N) is 1. The van der Waals surface area contributed by atoms with Crippen molar-refractivity contribution in [3.8, 4) is 0 Å². The van der Waals surface area contributed by atoms with Crippen LogP contribution in [0.25, 0.3) is 21.8 Å². The number of benzene rings is 3. The van der Waals surface area contributed by atoms with E-state index in [0.717, 1.165) is 95.1 Å². The first-order valence-electron chi connectivity index (χ1n) is 14.2. The molecule has 2 aliphatic carbocycles. The lowest BCUT2D eigenvalue weighted by atomic mass is 9.93. The lowest BCUT2D eigenvalue weighted by molar-refractivity contribution is -0.137. The summed E-state index contributed by atoms with van der Waals surface area (Å²) in [6.07, 6.45) is 6.11. The van der Waals surface area contributed by atoms with E-state index in [1.165, 1.54) is 36.2 Å². The standard InChI is InChI=1S/C21H17F3N2.C13H14N2/c22-21(23,24)15-11-9-14(10-12-15)13-25-20-16-5-1-3-7-18(16)26-19-8-4-2-6-17(19)20;14-13-9-5-1-3-7-11(9)15-12-8-4-2-6-10(12)13/h1,3,5,7,9-13H,2,4,6,8H2;1,3,5,7H,2,4,6,8H2,(H2,14,15). The van der Waals surface area contributed by atoms with Crippen LogP contribution in [0.4, 0.5) is 24.5 Å². The van der Waals surface area contributed by atoms with Crippen LogP contribution < -0.4 is 5.73 Å². The number of anilines is 1. The van der Waals surface area contributed by atoms with Crippen molar-refractivity contribution in [3.63, 3.8) is 0 Å². The van der Waals surface area contributed by atoms with E-state index >= 15 is 0 Å². The number of para-hydroxylation sites is 2. The fourth-order valence-corrected chi connectivity index (χ4v) is 5.80. The molecule has 0 bridgehead atoms. The summed E-state index contributed by atoms with van der Waals surface area (Å²) in [5.74, 6) is 0. The summed E-state index contributed by atoms with van der Waals surface area (Å²) in [5.41, 5.74) is 14.8. The zero-order chi connectivity index (χ0) is 28.4. The Bertz CT molecular complexity index is 1740. The van der Waals surface area contributed by atoms with Crippen LogP contribution in [0, 0.1) is 0 Å². The molecule has 0 unspecified atom stereocenters. The first-order chi connectivity index (χ1) is 19.9. The van der Waals surface area contributed by atoms with E-state index < -0.39 is 11.7 Å². The highest BCUT2D eigenvalue weighted by Gasteiger charge is 2.29. The minimum Gasteiger partial charge on any atom is -0.398 e. The molecule has 2 heterocycles. The number of aliphatic imine (C=N–C) groups is 1. The van der Waals surface area contributed by atoms with Gasteiger partial charge in [-0.2, -0.15) is 13.2 Å². The highest BCUT2D eigenvalue weighted by atomic mass is 19.4. The third-order valence-corrected chi connectivity index (χ3v) is 7.93. The number of aromatic nitrogens is 2. The van der Waals surface area contributed by atoms with Crippen molar-refractivity contribution in [2.45, 2.75) is 57.5 Å². The zero-order valence-electron chi connectivity index (χ0n) is 22.7. The average Bonchev–Trinajstić information content (AvgIpc) is 2.99. The van der Waals surface area contributed by atoms with E-state index in [4.69, 9.17) is 15.7 Å². The van der Waals surface area contributed by atoms with Crippen LogP contribution in [-0.4, -0.2) is 16.2 Å². The van der Waals surface area contributed by atoms with Gasteiger partial charge >= 0.3 is 6.18 Å². The largest absolute Gasteiger partial charge is 0.416 e. The third kappa shape index (κ3) is 5.67. The molecule has 2 aliphatic rings. The number of rotatable bonds is 2. The molecule has 4 nitrogen and oxygen atoms in total. The van der Waals surface area contributed by atoms with E-state index in [0.29, 0.717) is 5.56 Å². The molecule has 41 heavy (non-hydrogen) atoms. The average molecular weight is 553 g/mol. The van der Waals surface area contributed by atoms with Gasteiger partial charge in [-0.25, -0.2) is 0 Å². The molecule has 3 aromatic carbocycles. The molecule has 7 heteroatoms. The molecule has 208 valence electrons. The topological polar surface area (TPSA) is 64.2 Å². The molecule has 0 amide bonds. The first-order valence-corrected chi connectivity index (χ1v) is 14.2. The Balaban J connectivity index is 0.000000170. The number of nitrogens with zero attached hydrogens (tertiary/aromatic N) is 3. The van der Waals surface area contributed by atoms with Gasteiger partial charge in [0, 0.05) is 34.1 Å². The molecular formula is C34H31F3N4. The maximum atomic E-state index is 12.7. The van der Waals surface area contributed by atoms with Crippen LogP contribution in [0.1, 0.15) is 59.3 Å². The SMILES string of the molecule is FC(F)(F)c1ccc(C=Nc2c3c(nc4ccccc24)CCCC3)cc1.Nc1c2c(nc3ccccc13)CCCC2. The Hall–Kier alpha value is -4.26. The molecule has 0 fully saturated rings. The van der Waals surface area contributed by atoms with Gasteiger partial charge in [-0.05, 0) is 92.3 Å². The second-order valence-electron chi connectivity index (χ2n) is 10.7. The van der Waals surface area contributed by atoms with Crippen molar-refractivity contribution in [2.24, 2.45) is 4.99 Å². The molecule has 0 atom stereocenters. The van der Waals surface area contributed by atoms with Gasteiger partial charge in [-0.15, -0.1) is 0 Å².